The third-order valence-electron chi connectivity index (χ3n) is 2.26. The Hall–Kier alpha value is -1.76. The molecule has 1 heterocycles. The Morgan fingerprint density at radius 1 is 1.59 bits per heavy atom. The number of hydrogen-bond donors (Lipinski definition) is 2. The molecule has 17 heavy (non-hydrogen) atoms. The van der Waals surface area contributed by atoms with Gasteiger partial charge in [0, 0.05) is 12.1 Å². The molecule has 0 spiro atoms. The summed E-state index contributed by atoms with van der Waals surface area (Å²) < 4.78 is 29.4. The van der Waals surface area contributed by atoms with Crippen LogP contribution < -0.4 is 11.5 Å². The Morgan fingerprint density at radius 3 is 2.71 bits per heavy atom. The number of aromatic nitrogens is 1. The molecule has 0 radical (unpaired) electrons. The van der Waals surface area contributed by atoms with Gasteiger partial charge in [-0.15, -0.1) is 0 Å². The van der Waals surface area contributed by atoms with Crippen LogP contribution in [0.1, 0.15) is 23.2 Å². The quantitative estimate of drug-likeness (QED) is 0.765. The lowest BCUT2D eigenvalue weighted by Crippen LogP contribution is -2.14. The van der Waals surface area contributed by atoms with E-state index in [0.717, 1.165) is 6.07 Å². The number of nitrogens with zero attached hydrogens (tertiary/aromatic N) is 1. The lowest BCUT2D eigenvalue weighted by atomic mass is 10.0. The number of nitrogens with two attached hydrogens (primary N) is 2. The molecule has 0 aliphatic carbocycles. The van der Waals surface area contributed by atoms with E-state index in [9.17, 15) is 13.6 Å². The second-order valence-corrected chi connectivity index (χ2v) is 3.33. The average molecular weight is 245 g/mol. The van der Waals surface area contributed by atoms with Crippen molar-refractivity contribution in [1.29, 1.82) is 0 Å². The van der Waals surface area contributed by atoms with Crippen molar-refractivity contribution in [3.8, 4) is 0 Å². The molecular formula is C10H13F2N3O2. The van der Waals surface area contributed by atoms with Gasteiger partial charge in [0.15, 0.2) is 0 Å². The smallest absolute Gasteiger partial charge is 0.310 e. The van der Waals surface area contributed by atoms with Gasteiger partial charge in [-0.1, -0.05) is 0 Å². The molecule has 0 aromatic carbocycles. The predicted octanol–water partition coefficient (Wildman–Crippen LogP) is 0.776. The maximum atomic E-state index is 12.5. The Balaban J connectivity index is 3.16. The molecule has 0 unspecified atom stereocenters. The van der Waals surface area contributed by atoms with Gasteiger partial charge in [0.25, 0.3) is 6.43 Å². The number of rotatable bonds is 4. The van der Waals surface area contributed by atoms with Crippen molar-refractivity contribution in [3.05, 3.63) is 22.9 Å². The van der Waals surface area contributed by atoms with Gasteiger partial charge in [0.05, 0.1) is 13.5 Å². The number of ether oxygens (including phenoxy) is 1. The highest BCUT2D eigenvalue weighted by Crippen LogP contribution is 2.23. The van der Waals surface area contributed by atoms with Crippen LogP contribution >= 0.6 is 0 Å². The highest BCUT2D eigenvalue weighted by molar-refractivity contribution is 5.75. The minimum Gasteiger partial charge on any atom is -0.469 e. The van der Waals surface area contributed by atoms with Crippen LogP contribution in [0, 0.1) is 0 Å². The normalized spacial score (nSPS) is 10.6. The molecular weight excluding hydrogens is 232 g/mol. The molecule has 0 aliphatic rings. The summed E-state index contributed by atoms with van der Waals surface area (Å²) >= 11 is 0. The molecule has 0 saturated carbocycles. The molecule has 0 fully saturated rings. The van der Waals surface area contributed by atoms with Crippen molar-refractivity contribution in [2.24, 2.45) is 5.73 Å². The lowest BCUT2D eigenvalue weighted by molar-refractivity contribution is -0.139. The highest BCUT2D eigenvalue weighted by atomic mass is 19.3. The van der Waals surface area contributed by atoms with Crippen molar-refractivity contribution in [1.82, 2.24) is 4.98 Å². The molecule has 4 N–H and O–H groups in total. The van der Waals surface area contributed by atoms with Crippen LogP contribution in [-0.2, 0) is 22.5 Å². The van der Waals surface area contributed by atoms with E-state index >= 15 is 0 Å². The Kier molecular flexibility index (Phi) is 4.33. The van der Waals surface area contributed by atoms with Crippen LogP contribution in [0.4, 0.5) is 14.6 Å². The number of carbonyl (C=O) groups excluding carboxylic acids is 1. The summed E-state index contributed by atoms with van der Waals surface area (Å²) in [5, 5.41) is 0. The minimum atomic E-state index is -2.73. The van der Waals surface area contributed by atoms with E-state index in [0.29, 0.717) is 11.1 Å². The van der Waals surface area contributed by atoms with E-state index in [1.165, 1.54) is 7.11 Å². The molecule has 1 aromatic heterocycles. The van der Waals surface area contributed by atoms with Gasteiger partial charge in [-0.2, -0.15) is 0 Å². The van der Waals surface area contributed by atoms with Crippen LogP contribution in [0.3, 0.4) is 0 Å². The Labute approximate surface area is 96.8 Å². The number of carbonyl (C=O) groups is 1. The second kappa shape index (κ2) is 5.53. The molecule has 0 amide bonds. The molecule has 5 nitrogen and oxygen atoms in total. The van der Waals surface area contributed by atoms with Gasteiger partial charge in [0.2, 0.25) is 0 Å². The first kappa shape index (κ1) is 13.3. The van der Waals surface area contributed by atoms with Gasteiger partial charge in [-0.05, 0) is 11.6 Å². The van der Waals surface area contributed by atoms with Gasteiger partial charge in [-0.25, -0.2) is 13.8 Å². The highest BCUT2D eigenvalue weighted by Gasteiger charge is 2.17. The third kappa shape index (κ3) is 3.10. The van der Waals surface area contributed by atoms with E-state index < -0.39 is 18.1 Å². The standard InChI is InChI=1S/C10H13F2N3O2/c1-17-8(16)3-6-5(4-13)2-7(9(11)12)15-10(6)14/h2,9H,3-4,13H2,1H3,(H2,14,15). The van der Waals surface area contributed by atoms with Crippen molar-refractivity contribution in [2.45, 2.75) is 19.4 Å². The number of anilines is 1. The maximum Gasteiger partial charge on any atom is 0.310 e. The summed E-state index contributed by atoms with van der Waals surface area (Å²) in [7, 11) is 1.22. The third-order valence-corrected chi connectivity index (χ3v) is 2.26. The molecule has 0 aliphatic heterocycles. The maximum absolute atomic E-state index is 12.5. The Bertz CT molecular complexity index is 424. The zero-order valence-electron chi connectivity index (χ0n) is 9.24. The fourth-order valence-electron chi connectivity index (χ4n) is 1.38. The first-order chi connectivity index (χ1) is 7.99. The topological polar surface area (TPSA) is 91.2 Å². The van der Waals surface area contributed by atoms with Gasteiger partial charge in [0.1, 0.15) is 11.5 Å². The molecule has 0 bridgehead atoms. The first-order valence-electron chi connectivity index (χ1n) is 4.82. The molecule has 0 saturated heterocycles. The van der Waals surface area contributed by atoms with Gasteiger partial charge in [-0.3, -0.25) is 4.79 Å². The van der Waals surface area contributed by atoms with Gasteiger partial charge < -0.3 is 16.2 Å². The van der Waals surface area contributed by atoms with Crippen LogP contribution in [-0.4, -0.2) is 18.1 Å². The molecule has 94 valence electrons. The number of pyridine rings is 1. The fourth-order valence-corrected chi connectivity index (χ4v) is 1.38. The largest absolute Gasteiger partial charge is 0.469 e. The van der Waals surface area contributed by atoms with E-state index in [1.54, 1.807) is 0 Å². The number of alkyl halides is 2. The average Bonchev–Trinajstić information content (AvgIpc) is 2.30. The fraction of sp³-hybridized carbons (Fsp3) is 0.400. The SMILES string of the molecule is COC(=O)Cc1c(CN)cc(C(F)F)nc1N. The van der Waals surface area contributed by atoms with E-state index in [4.69, 9.17) is 11.5 Å². The molecule has 1 aromatic rings. The summed E-state index contributed by atoms with van der Waals surface area (Å²) in [6, 6.07) is 1.15. The number of hydrogen-bond acceptors (Lipinski definition) is 5. The minimum absolute atomic E-state index is 0.00122. The zero-order valence-corrected chi connectivity index (χ0v) is 9.24. The summed E-state index contributed by atoms with van der Waals surface area (Å²) in [6.07, 6.45) is -2.86. The zero-order chi connectivity index (χ0) is 13.0. The molecule has 7 heteroatoms. The van der Waals surface area contributed by atoms with E-state index in [-0.39, 0.29) is 18.8 Å². The van der Waals surface area contributed by atoms with Crippen molar-refractivity contribution >= 4 is 11.8 Å². The second-order valence-electron chi connectivity index (χ2n) is 3.33. The first-order valence-corrected chi connectivity index (χ1v) is 4.82. The van der Waals surface area contributed by atoms with Crippen molar-refractivity contribution in [2.75, 3.05) is 12.8 Å². The van der Waals surface area contributed by atoms with Crippen LogP contribution in [0.15, 0.2) is 6.07 Å². The molecule has 1 rings (SSSR count). The summed E-state index contributed by atoms with van der Waals surface area (Å²) in [5.74, 6) is -0.647. The lowest BCUT2D eigenvalue weighted by Gasteiger charge is -2.11. The van der Waals surface area contributed by atoms with E-state index in [1.807, 2.05) is 0 Å². The number of esters is 1. The molecule has 0 atom stereocenters. The monoisotopic (exact) mass is 245 g/mol. The van der Waals surface area contributed by atoms with Crippen molar-refractivity contribution < 1.29 is 18.3 Å². The Morgan fingerprint density at radius 2 is 2.24 bits per heavy atom. The summed E-state index contributed by atoms with van der Waals surface area (Å²) in [5.41, 5.74) is 11.2. The van der Waals surface area contributed by atoms with Gasteiger partial charge >= 0.3 is 5.97 Å². The van der Waals surface area contributed by atoms with Crippen molar-refractivity contribution in [3.63, 3.8) is 0 Å². The van der Waals surface area contributed by atoms with E-state index in [2.05, 4.69) is 9.72 Å². The number of nitrogen functional groups attached to an aromatic ring is 1. The number of halogens is 2. The van der Waals surface area contributed by atoms with Crippen LogP contribution in [0.25, 0.3) is 0 Å². The summed E-state index contributed by atoms with van der Waals surface area (Å²) in [6.45, 7) is -0.00122. The van der Waals surface area contributed by atoms with Crippen LogP contribution in [0.2, 0.25) is 0 Å². The summed E-state index contributed by atoms with van der Waals surface area (Å²) in [4.78, 5) is 14.7. The number of methoxy groups -OCH3 is 1. The van der Waals surface area contributed by atoms with Crippen LogP contribution in [0.5, 0.6) is 0 Å². The predicted molar refractivity (Wildman–Crippen MR) is 57.2 cm³/mol.